The highest BCUT2D eigenvalue weighted by Gasteiger charge is 2.46. The maximum absolute atomic E-state index is 15.1. The number of benzene rings is 4. The number of carbonyl (C=O) groups is 2. The number of hydrogen-bond donors (Lipinski definition) is 5. The number of esters is 1. The number of nitrogens with zero attached hydrogens (tertiary/aromatic N) is 3. The van der Waals surface area contributed by atoms with Gasteiger partial charge in [-0.25, -0.2) is 9.59 Å². The van der Waals surface area contributed by atoms with E-state index in [0.29, 0.717) is 16.8 Å². The number of hydrogen-bond acceptors (Lipinski definition) is 10. The molecule has 6 rings (SSSR count). The summed E-state index contributed by atoms with van der Waals surface area (Å²) in [6.45, 7) is 3.11. The van der Waals surface area contributed by atoms with Crippen LogP contribution in [0, 0.1) is 0 Å². The predicted octanol–water partition coefficient (Wildman–Crippen LogP) is 5.02. The van der Waals surface area contributed by atoms with E-state index in [9.17, 15) is 24.5 Å². The summed E-state index contributed by atoms with van der Waals surface area (Å²) in [7, 11) is -4.38. The van der Waals surface area contributed by atoms with E-state index in [0.717, 1.165) is 22.2 Å². The lowest BCUT2D eigenvalue weighted by atomic mass is 9.91. The number of anilines is 1. The van der Waals surface area contributed by atoms with Gasteiger partial charge in [-0.1, -0.05) is 78.9 Å². The van der Waals surface area contributed by atoms with Crippen LogP contribution in [0.25, 0.3) is 10.9 Å². The average molecular weight is 772 g/mol. The van der Waals surface area contributed by atoms with Gasteiger partial charge in [0.15, 0.2) is 18.3 Å². The van der Waals surface area contributed by atoms with Crippen molar-refractivity contribution >= 4 is 36.3 Å². The zero-order valence-corrected chi connectivity index (χ0v) is 31.5. The lowest BCUT2D eigenvalue weighted by Crippen LogP contribution is -2.50. The molecule has 5 aromatic rings. The highest BCUT2D eigenvalue weighted by atomic mass is 31.2. The Kier molecular flexibility index (Phi) is 12.5. The number of rotatable bonds is 15. The molecule has 290 valence electrons. The summed E-state index contributed by atoms with van der Waals surface area (Å²) in [5.41, 5.74) is 9.95. The van der Waals surface area contributed by atoms with E-state index in [4.69, 9.17) is 19.7 Å². The molecular formula is C40H46N5O9P. The van der Waals surface area contributed by atoms with E-state index in [1.807, 2.05) is 78.9 Å². The van der Waals surface area contributed by atoms with Crippen molar-refractivity contribution < 1.29 is 43.3 Å². The van der Waals surface area contributed by atoms with Gasteiger partial charge in [-0.15, -0.1) is 0 Å². The molecular weight excluding hydrogens is 725 g/mol. The lowest BCUT2D eigenvalue weighted by molar-refractivity contribution is -0.150. The lowest BCUT2D eigenvalue weighted by Gasteiger charge is -2.36. The second kappa shape index (κ2) is 17.5. The van der Waals surface area contributed by atoms with Crippen LogP contribution in [0.3, 0.4) is 0 Å². The predicted molar refractivity (Wildman–Crippen MR) is 206 cm³/mol. The molecule has 0 radical (unpaired) electrons. The van der Waals surface area contributed by atoms with Crippen LogP contribution in [0.5, 0.6) is 5.75 Å². The second-order valence-electron chi connectivity index (χ2n) is 13.6. The number of H-pyrrole nitrogens is 1. The van der Waals surface area contributed by atoms with Crippen molar-refractivity contribution in [1.82, 2.24) is 20.0 Å². The number of nitrogen functional groups attached to an aromatic ring is 1. The van der Waals surface area contributed by atoms with Gasteiger partial charge in [0.1, 0.15) is 18.0 Å². The van der Waals surface area contributed by atoms with Crippen molar-refractivity contribution in [2.24, 2.45) is 0 Å². The van der Waals surface area contributed by atoms with Gasteiger partial charge in [-0.3, -0.25) is 14.2 Å². The number of fused-ring (bicyclic) bond motifs is 1. The van der Waals surface area contributed by atoms with Crippen molar-refractivity contribution in [1.29, 1.82) is 0 Å². The molecule has 0 spiro atoms. The monoisotopic (exact) mass is 771 g/mol. The van der Waals surface area contributed by atoms with E-state index < -0.39 is 56.3 Å². The molecule has 4 aromatic carbocycles. The van der Waals surface area contributed by atoms with Crippen molar-refractivity contribution in [2.45, 2.75) is 70.2 Å². The Balaban J connectivity index is 1.33. The first-order valence-electron chi connectivity index (χ1n) is 18.0. The molecule has 1 saturated heterocycles. The van der Waals surface area contributed by atoms with Crippen LogP contribution < -0.4 is 10.5 Å². The first-order chi connectivity index (χ1) is 26.4. The quantitative estimate of drug-likeness (QED) is 0.0707. The molecule has 55 heavy (non-hydrogen) atoms. The number of urea groups is 1. The summed E-state index contributed by atoms with van der Waals surface area (Å²) < 4.78 is 28.4. The zero-order valence-electron chi connectivity index (χ0n) is 30.6. The fraction of sp³-hybridized carbons (Fsp3) is 0.325. The maximum Gasteiger partial charge on any atom is 0.366 e. The third kappa shape index (κ3) is 9.71. The Bertz CT molecular complexity index is 2120. The Hall–Kier alpha value is -5.24. The van der Waals surface area contributed by atoms with Crippen LogP contribution >= 0.6 is 7.60 Å². The molecule has 15 heteroatoms. The Morgan fingerprint density at radius 3 is 2.00 bits per heavy atom. The number of amides is 2. The van der Waals surface area contributed by atoms with E-state index in [1.54, 1.807) is 41.0 Å². The summed E-state index contributed by atoms with van der Waals surface area (Å²) >= 11 is 0. The molecule has 0 saturated carbocycles. The summed E-state index contributed by atoms with van der Waals surface area (Å²) in [4.78, 5) is 40.6. The summed E-state index contributed by atoms with van der Waals surface area (Å²) in [5, 5.41) is 31.8. The number of aliphatic hydroxyl groups is 2. The largest absolute Gasteiger partial charge is 0.481 e. The van der Waals surface area contributed by atoms with Gasteiger partial charge in [-0.05, 0) is 73.2 Å². The Morgan fingerprint density at radius 2 is 1.42 bits per heavy atom. The van der Waals surface area contributed by atoms with E-state index in [2.05, 4.69) is 10.2 Å². The smallest absolute Gasteiger partial charge is 0.366 e. The summed E-state index contributed by atoms with van der Waals surface area (Å²) in [6.07, 6.45) is -4.20. The molecule has 1 aromatic heterocycles. The molecule has 0 aliphatic carbocycles. The van der Waals surface area contributed by atoms with Crippen LogP contribution in [0.15, 0.2) is 103 Å². The number of nitrogens with one attached hydrogen (secondary N) is 1. The maximum atomic E-state index is 15.1. The summed E-state index contributed by atoms with van der Waals surface area (Å²) in [5.74, 6) is -0.240. The van der Waals surface area contributed by atoms with Crippen molar-refractivity contribution in [3.8, 4) is 5.75 Å². The molecule has 0 bridgehead atoms. The van der Waals surface area contributed by atoms with Crippen LogP contribution in [0.1, 0.15) is 36.1 Å². The van der Waals surface area contributed by atoms with Gasteiger partial charge >= 0.3 is 19.6 Å². The highest BCUT2D eigenvalue weighted by molar-refractivity contribution is 7.52. The number of carbonyl (C=O) groups excluding carboxylic acids is 2. The molecule has 6 N–H and O–H groups in total. The molecule has 1 aliphatic rings. The topological polar surface area (TPSA) is 201 Å². The minimum atomic E-state index is -4.38. The minimum Gasteiger partial charge on any atom is -0.481 e. The van der Waals surface area contributed by atoms with Crippen LogP contribution in [-0.4, -0.2) is 90.5 Å². The van der Waals surface area contributed by atoms with Gasteiger partial charge in [0.25, 0.3) is 0 Å². The summed E-state index contributed by atoms with van der Waals surface area (Å²) in [6, 6.07) is 29.1. The third-order valence-electron chi connectivity index (χ3n) is 9.60. The van der Waals surface area contributed by atoms with Crippen molar-refractivity contribution in [3.05, 3.63) is 125 Å². The molecule has 6 atom stereocenters. The number of aliphatic hydroxyl groups excluding tert-OH is 2. The first-order valence-corrected chi connectivity index (χ1v) is 19.8. The van der Waals surface area contributed by atoms with Crippen LogP contribution in [0.2, 0.25) is 0 Å². The zero-order chi connectivity index (χ0) is 39.1. The van der Waals surface area contributed by atoms with Gasteiger partial charge in [0, 0.05) is 18.5 Å². The van der Waals surface area contributed by atoms with Gasteiger partial charge < -0.3 is 40.1 Å². The van der Waals surface area contributed by atoms with E-state index >= 15 is 4.79 Å². The Labute approximate surface area is 319 Å². The number of nitrogens with two attached hydrogens (primary N) is 1. The van der Waals surface area contributed by atoms with Crippen molar-refractivity contribution in [2.75, 3.05) is 18.7 Å². The fourth-order valence-corrected chi connectivity index (χ4v) is 7.81. The molecule has 2 heterocycles. The Morgan fingerprint density at radius 1 is 0.855 bits per heavy atom. The number of aromatic amines is 1. The van der Waals surface area contributed by atoms with E-state index in [-0.39, 0.29) is 38.3 Å². The molecule has 2 amide bonds. The second-order valence-corrected chi connectivity index (χ2v) is 15.3. The third-order valence-corrected chi connectivity index (χ3v) is 10.7. The van der Waals surface area contributed by atoms with Gasteiger partial charge in [0.2, 0.25) is 0 Å². The first kappa shape index (κ1) is 39.5. The van der Waals surface area contributed by atoms with Crippen LogP contribution in [-0.2, 0) is 44.6 Å². The normalized spacial score (nSPS) is 20.5. The number of aromatic nitrogens is 2. The highest BCUT2D eigenvalue weighted by Crippen LogP contribution is 2.43. The molecule has 1 unspecified atom stereocenters. The van der Waals surface area contributed by atoms with Gasteiger partial charge in [-0.2, -0.15) is 5.10 Å². The standard InChI is InChI=1S/C40H46N5O9P/c1-3-52-39(48)26(2)54-55(50,51)25-53-31-16-10-15-29(19-31)23-44-34(21-27-11-6-4-7-12-27)36(46)37(47)35(22-28-13-8-5-9-14-28)45(40(44)49)24-30-17-18-33-32(20-30)38(41)43-42-33/h4-20,26,34-37,46-47H,3,21-25H2,1-2H3,(H,50,51)(H3,41,42,43)/t26-,34+,35+,36-,37-/m0/s1. The molecule has 14 nitrogen and oxygen atoms in total. The van der Waals surface area contributed by atoms with Gasteiger partial charge in [0.05, 0.1) is 24.2 Å². The van der Waals surface area contributed by atoms with Crippen molar-refractivity contribution in [3.63, 3.8) is 0 Å². The minimum absolute atomic E-state index is 0.00718. The molecule has 1 fully saturated rings. The average Bonchev–Trinajstić information content (AvgIpc) is 3.53. The molecule has 1 aliphatic heterocycles. The van der Waals surface area contributed by atoms with Crippen LogP contribution in [0.4, 0.5) is 10.6 Å². The van der Waals surface area contributed by atoms with E-state index in [1.165, 1.54) is 6.92 Å². The fourth-order valence-electron chi connectivity index (χ4n) is 6.86. The number of ether oxygens (including phenoxy) is 2. The SMILES string of the molecule is CCOC(=O)[C@H](C)OP(=O)(O)COc1cccc(CN2C(=O)N(Cc3ccc4[nH]nc(N)c4c3)[C@H](Cc3ccccc3)[C@H](O)[C@@H](O)[C@H]2Cc2ccccc2)c1.